The fourth-order valence-electron chi connectivity index (χ4n) is 1.16. The normalized spacial score (nSPS) is 9.00. The van der Waals surface area contributed by atoms with Gasteiger partial charge in [0.15, 0.2) is 0 Å². The molecule has 0 unspecified atom stereocenters. The van der Waals surface area contributed by atoms with Gasteiger partial charge in [0.1, 0.15) is 12.0 Å². The SMILES string of the molecule is COc1c(N)cc(C=O)cc1CCl.Cl. The molecule has 0 bridgehead atoms. The molecule has 0 aliphatic heterocycles. The van der Waals surface area contributed by atoms with Crippen molar-refractivity contribution in [1.82, 2.24) is 0 Å². The lowest BCUT2D eigenvalue weighted by Crippen LogP contribution is -1.98. The molecule has 0 spiro atoms. The molecule has 0 fully saturated rings. The van der Waals surface area contributed by atoms with Crippen molar-refractivity contribution in [2.45, 2.75) is 5.88 Å². The summed E-state index contributed by atoms with van der Waals surface area (Å²) in [5.41, 5.74) is 7.31. The van der Waals surface area contributed by atoms with Crippen LogP contribution in [0.5, 0.6) is 5.75 Å². The van der Waals surface area contributed by atoms with Gasteiger partial charge in [-0.3, -0.25) is 4.79 Å². The Kier molecular flexibility index (Phi) is 5.35. The summed E-state index contributed by atoms with van der Waals surface area (Å²) in [6.45, 7) is 0. The second-order valence-electron chi connectivity index (χ2n) is 2.55. The lowest BCUT2D eigenvalue weighted by atomic mass is 10.1. The minimum absolute atomic E-state index is 0. The number of carbonyl (C=O) groups excluding carboxylic acids is 1. The molecule has 0 atom stereocenters. The molecule has 78 valence electrons. The van der Waals surface area contributed by atoms with E-state index in [2.05, 4.69) is 0 Å². The third kappa shape index (κ3) is 2.53. The molecule has 0 aromatic heterocycles. The molecule has 1 aromatic rings. The molecule has 0 amide bonds. The number of hydrogen-bond acceptors (Lipinski definition) is 3. The van der Waals surface area contributed by atoms with Gasteiger partial charge in [0.25, 0.3) is 0 Å². The zero-order chi connectivity index (χ0) is 9.84. The lowest BCUT2D eigenvalue weighted by molar-refractivity contribution is 0.112. The van der Waals surface area contributed by atoms with Crippen LogP contribution in [0.2, 0.25) is 0 Å². The Bertz CT molecular complexity index is 329. The predicted octanol–water partition coefficient (Wildman–Crippen LogP) is 2.25. The van der Waals surface area contributed by atoms with E-state index in [1.165, 1.54) is 7.11 Å². The molecule has 0 heterocycles. The Morgan fingerprint density at radius 2 is 2.21 bits per heavy atom. The number of ether oxygens (including phenoxy) is 1. The first kappa shape index (κ1) is 13.1. The summed E-state index contributed by atoms with van der Waals surface area (Å²) >= 11 is 5.66. The van der Waals surface area contributed by atoms with Crippen molar-refractivity contribution in [3.05, 3.63) is 23.3 Å². The van der Waals surface area contributed by atoms with E-state index in [0.29, 0.717) is 17.0 Å². The van der Waals surface area contributed by atoms with Gasteiger partial charge < -0.3 is 10.5 Å². The van der Waals surface area contributed by atoms with Gasteiger partial charge in [-0.05, 0) is 12.1 Å². The Morgan fingerprint density at radius 3 is 2.64 bits per heavy atom. The molecule has 0 saturated heterocycles. The van der Waals surface area contributed by atoms with Crippen LogP contribution < -0.4 is 10.5 Å². The predicted molar refractivity (Wildman–Crippen MR) is 59.6 cm³/mol. The van der Waals surface area contributed by atoms with Crippen molar-refractivity contribution in [3.63, 3.8) is 0 Å². The van der Waals surface area contributed by atoms with Crippen molar-refractivity contribution < 1.29 is 9.53 Å². The first-order valence-electron chi connectivity index (χ1n) is 3.70. The van der Waals surface area contributed by atoms with Gasteiger partial charge in [-0.15, -0.1) is 24.0 Å². The molecular formula is C9H11Cl2NO2. The monoisotopic (exact) mass is 235 g/mol. The molecule has 1 aromatic carbocycles. The number of carbonyl (C=O) groups is 1. The van der Waals surface area contributed by atoms with Crippen molar-refractivity contribution in [1.29, 1.82) is 0 Å². The van der Waals surface area contributed by atoms with Gasteiger partial charge in [-0.1, -0.05) is 0 Å². The van der Waals surface area contributed by atoms with Gasteiger partial charge in [-0.25, -0.2) is 0 Å². The maximum atomic E-state index is 10.5. The highest BCUT2D eigenvalue weighted by atomic mass is 35.5. The van der Waals surface area contributed by atoms with E-state index >= 15 is 0 Å². The van der Waals surface area contributed by atoms with Crippen LogP contribution >= 0.6 is 24.0 Å². The second-order valence-corrected chi connectivity index (χ2v) is 2.82. The fraction of sp³-hybridized carbons (Fsp3) is 0.222. The smallest absolute Gasteiger partial charge is 0.150 e. The standard InChI is InChI=1S/C9H10ClNO2.ClH/c1-13-9-7(4-10)2-6(5-12)3-8(9)11;/h2-3,5H,4,11H2,1H3;1H. The van der Waals surface area contributed by atoms with Crippen LogP contribution in [0.3, 0.4) is 0 Å². The molecule has 0 saturated carbocycles. The van der Waals surface area contributed by atoms with Crippen LogP contribution in [0.25, 0.3) is 0 Å². The minimum atomic E-state index is 0. The van der Waals surface area contributed by atoms with E-state index in [4.69, 9.17) is 22.1 Å². The minimum Gasteiger partial charge on any atom is -0.494 e. The molecule has 1 rings (SSSR count). The summed E-state index contributed by atoms with van der Waals surface area (Å²) in [5, 5.41) is 0. The number of hydrogen-bond donors (Lipinski definition) is 1. The number of alkyl halides is 1. The quantitative estimate of drug-likeness (QED) is 0.497. The summed E-state index contributed by atoms with van der Waals surface area (Å²) < 4.78 is 5.04. The summed E-state index contributed by atoms with van der Waals surface area (Å²) in [6.07, 6.45) is 0.728. The van der Waals surface area contributed by atoms with Crippen molar-refractivity contribution in [3.8, 4) is 5.75 Å². The third-order valence-electron chi connectivity index (χ3n) is 1.70. The molecule has 3 nitrogen and oxygen atoms in total. The van der Waals surface area contributed by atoms with E-state index in [9.17, 15) is 4.79 Å². The van der Waals surface area contributed by atoms with Gasteiger partial charge >= 0.3 is 0 Å². The van der Waals surface area contributed by atoms with Crippen LogP contribution in [0.15, 0.2) is 12.1 Å². The highest BCUT2D eigenvalue weighted by molar-refractivity contribution is 6.17. The Balaban J connectivity index is 0.00000169. The van der Waals surface area contributed by atoms with Crippen molar-refractivity contribution in [2.24, 2.45) is 0 Å². The van der Waals surface area contributed by atoms with Gasteiger partial charge in [-0.2, -0.15) is 0 Å². The number of nitrogen functional groups attached to an aromatic ring is 1. The van der Waals surface area contributed by atoms with Gasteiger partial charge in [0.05, 0.1) is 18.7 Å². The number of benzene rings is 1. The first-order valence-corrected chi connectivity index (χ1v) is 4.24. The van der Waals surface area contributed by atoms with Gasteiger partial charge in [0, 0.05) is 11.1 Å². The number of nitrogens with two attached hydrogens (primary N) is 1. The van der Waals surface area contributed by atoms with E-state index in [0.717, 1.165) is 11.8 Å². The second kappa shape index (κ2) is 5.73. The number of aldehydes is 1. The number of methoxy groups -OCH3 is 1. The maximum Gasteiger partial charge on any atom is 0.150 e. The zero-order valence-electron chi connectivity index (χ0n) is 7.62. The molecule has 0 aliphatic carbocycles. The molecule has 2 N–H and O–H groups in total. The van der Waals surface area contributed by atoms with Crippen molar-refractivity contribution in [2.75, 3.05) is 12.8 Å². The summed E-state index contributed by atoms with van der Waals surface area (Å²) in [6, 6.07) is 3.22. The first-order chi connectivity index (χ1) is 6.22. The van der Waals surface area contributed by atoms with Crippen molar-refractivity contribution >= 4 is 36.0 Å². The number of rotatable bonds is 3. The highest BCUT2D eigenvalue weighted by Crippen LogP contribution is 2.28. The van der Waals surface area contributed by atoms with Crippen LogP contribution in [-0.2, 0) is 5.88 Å². The Morgan fingerprint density at radius 1 is 1.57 bits per heavy atom. The Hall–Kier alpha value is -0.930. The topological polar surface area (TPSA) is 52.3 Å². The van der Waals surface area contributed by atoms with Gasteiger partial charge in [0.2, 0.25) is 0 Å². The molecule has 14 heavy (non-hydrogen) atoms. The molecule has 0 radical (unpaired) electrons. The highest BCUT2D eigenvalue weighted by Gasteiger charge is 2.07. The largest absolute Gasteiger partial charge is 0.494 e. The third-order valence-corrected chi connectivity index (χ3v) is 1.99. The lowest BCUT2D eigenvalue weighted by Gasteiger charge is -2.09. The van der Waals surface area contributed by atoms with Crippen LogP contribution in [-0.4, -0.2) is 13.4 Å². The van der Waals surface area contributed by atoms with Crippen LogP contribution in [0.4, 0.5) is 5.69 Å². The molecule has 0 aliphatic rings. The van der Waals surface area contributed by atoms with Crippen LogP contribution in [0.1, 0.15) is 15.9 Å². The zero-order valence-corrected chi connectivity index (χ0v) is 9.19. The number of halogens is 2. The average Bonchev–Trinajstić information content (AvgIpc) is 2.16. The summed E-state index contributed by atoms with van der Waals surface area (Å²) in [7, 11) is 1.52. The van der Waals surface area contributed by atoms with E-state index in [-0.39, 0.29) is 18.3 Å². The van der Waals surface area contributed by atoms with Crippen LogP contribution in [0, 0.1) is 0 Å². The Labute approximate surface area is 93.6 Å². The average molecular weight is 236 g/mol. The maximum absolute atomic E-state index is 10.5. The molecular weight excluding hydrogens is 225 g/mol. The fourth-order valence-corrected chi connectivity index (χ4v) is 1.35. The summed E-state index contributed by atoms with van der Waals surface area (Å²) in [4.78, 5) is 10.5. The summed E-state index contributed by atoms with van der Waals surface area (Å²) in [5.74, 6) is 0.815. The number of anilines is 1. The van der Waals surface area contributed by atoms with E-state index < -0.39 is 0 Å². The molecule has 5 heteroatoms. The van der Waals surface area contributed by atoms with E-state index in [1.54, 1.807) is 12.1 Å². The van der Waals surface area contributed by atoms with E-state index in [1.807, 2.05) is 0 Å².